The Morgan fingerprint density at radius 3 is 1.40 bits per heavy atom. The molecule has 2 aromatic carbocycles. The second kappa shape index (κ2) is 11.9. The Labute approximate surface area is 272 Å². The summed E-state index contributed by atoms with van der Waals surface area (Å²) >= 11 is 0. The number of hydrogen-bond acceptors (Lipinski definition) is 4. The monoisotopic (exact) mass is 630 g/mol. The number of aromatic nitrogens is 2. The highest BCUT2D eigenvalue weighted by Gasteiger charge is 2.37. The molecule has 2 aromatic heterocycles. The molecule has 10 heteroatoms. The largest absolute Gasteiger partial charge is 0.324 e. The number of rotatable bonds is 4. The van der Waals surface area contributed by atoms with Crippen molar-refractivity contribution >= 4 is 23.4 Å². The highest BCUT2D eigenvalue weighted by Crippen LogP contribution is 2.36. The Morgan fingerprint density at radius 1 is 0.553 bits per heavy atom. The first-order valence-electron chi connectivity index (χ1n) is 16.6. The van der Waals surface area contributed by atoms with Gasteiger partial charge in [0.1, 0.15) is 0 Å². The molecular formula is C37H38N6O4. The van der Waals surface area contributed by atoms with Crippen LogP contribution in [0.1, 0.15) is 47.2 Å². The van der Waals surface area contributed by atoms with Crippen molar-refractivity contribution in [2.45, 2.75) is 44.2 Å². The third kappa shape index (κ3) is 5.84. The smallest absolute Gasteiger partial charge is 0.321 e. The number of likely N-dealkylation sites (tertiary alicyclic amines) is 2. The Balaban J connectivity index is 0.843. The Bertz CT molecular complexity index is 1810. The number of nitrogens with one attached hydrogen (secondary N) is 2. The molecule has 47 heavy (non-hydrogen) atoms. The SMILES string of the molecule is O=C(Nc1ccc(Cc2ccc(NC(=O)N3C[C@@H]4C[C@@H](C3)c3cccc(=O)n3C4)cc2)cc1)N1C[C@@H]2C[C@@H](C1)c1cccc(=O)n1C2. The highest BCUT2D eigenvalue weighted by atomic mass is 16.2. The van der Waals surface area contributed by atoms with Gasteiger partial charge in [-0.1, -0.05) is 36.4 Å². The van der Waals surface area contributed by atoms with Gasteiger partial charge in [0.05, 0.1) is 0 Å². The van der Waals surface area contributed by atoms with Gasteiger partial charge in [-0.05, 0) is 78.6 Å². The fraction of sp³-hybridized carbons (Fsp3) is 0.351. The first-order valence-corrected chi connectivity index (χ1v) is 16.6. The fourth-order valence-corrected chi connectivity index (χ4v) is 8.18. The molecule has 0 saturated carbocycles. The molecule has 2 saturated heterocycles. The minimum absolute atomic E-state index is 0.0426. The number of nitrogens with zero attached hydrogens (tertiary/aromatic N) is 4. The zero-order chi connectivity index (χ0) is 32.1. The van der Waals surface area contributed by atoms with Crippen LogP contribution in [0.2, 0.25) is 0 Å². The average Bonchev–Trinajstić information content (AvgIpc) is 3.07. The number of urea groups is 2. The number of amides is 4. The number of piperidine rings is 2. The molecule has 4 aliphatic rings. The van der Waals surface area contributed by atoms with Gasteiger partial charge in [0.25, 0.3) is 11.1 Å². The number of hydrogen-bond donors (Lipinski definition) is 2. The van der Waals surface area contributed by atoms with Gasteiger partial charge in [0.15, 0.2) is 0 Å². The maximum atomic E-state index is 13.2. The Morgan fingerprint density at radius 2 is 0.979 bits per heavy atom. The summed E-state index contributed by atoms with van der Waals surface area (Å²) in [4.78, 5) is 54.7. The molecular weight excluding hydrogens is 592 g/mol. The lowest BCUT2D eigenvalue weighted by molar-refractivity contribution is 0.139. The Kier molecular flexibility index (Phi) is 7.42. The van der Waals surface area contributed by atoms with Crippen molar-refractivity contribution in [3.8, 4) is 0 Å². The van der Waals surface area contributed by atoms with E-state index in [-0.39, 0.29) is 46.9 Å². The maximum absolute atomic E-state index is 13.2. The lowest BCUT2D eigenvalue weighted by Crippen LogP contribution is -2.50. The molecule has 2 N–H and O–H groups in total. The summed E-state index contributed by atoms with van der Waals surface area (Å²) in [5.41, 5.74) is 5.88. The molecule has 10 nitrogen and oxygen atoms in total. The molecule has 240 valence electrons. The summed E-state index contributed by atoms with van der Waals surface area (Å²) in [5, 5.41) is 6.12. The van der Waals surface area contributed by atoms with Crippen LogP contribution in [0, 0.1) is 11.8 Å². The number of pyridine rings is 2. The summed E-state index contributed by atoms with van der Waals surface area (Å²) in [6, 6.07) is 26.5. The molecule has 4 bridgehead atoms. The molecule has 0 aliphatic carbocycles. The minimum Gasteiger partial charge on any atom is -0.324 e. The summed E-state index contributed by atoms with van der Waals surface area (Å²) in [5.74, 6) is 0.927. The van der Waals surface area contributed by atoms with E-state index in [9.17, 15) is 19.2 Å². The molecule has 4 aromatic rings. The minimum atomic E-state index is -0.107. The van der Waals surface area contributed by atoms with Gasteiger partial charge in [-0.3, -0.25) is 9.59 Å². The first-order chi connectivity index (χ1) is 22.9. The van der Waals surface area contributed by atoms with Crippen LogP contribution in [0.4, 0.5) is 21.0 Å². The molecule has 4 amide bonds. The second-order valence-electron chi connectivity index (χ2n) is 13.6. The van der Waals surface area contributed by atoms with Crippen LogP contribution in [-0.2, 0) is 19.5 Å². The molecule has 4 aliphatic heterocycles. The van der Waals surface area contributed by atoms with Crippen LogP contribution in [-0.4, -0.2) is 57.2 Å². The lowest BCUT2D eigenvalue weighted by Gasteiger charge is -2.42. The highest BCUT2D eigenvalue weighted by molar-refractivity contribution is 5.90. The van der Waals surface area contributed by atoms with E-state index in [2.05, 4.69) is 10.6 Å². The molecule has 0 radical (unpaired) electrons. The summed E-state index contributed by atoms with van der Waals surface area (Å²) in [6.45, 7) is 3.83. The molecule has 2 fully saturated rings. The van der Waals surface area contributed by atoms with E-state index in [0.29, 0.717) is 39.3 Å². The topological polar surface area (TPSA) is 109 Å². The van der Waals surface area contributed by atoms with Crippen LogP contribution in [0.5, 0.6) is 0 Å². The quantitative estimate of drug-likeness (QED) is 0.334. The van der Waals surface area contributed by atoms with Gasteiger partial charge in [0.2, 0.25) is 0 Å². The molecule has 4 atom stereocenters. The van der Waals surface area contributed by atoms with Gasteiger partial charge in [-0.2, -0.15) is 0 Å². The third-order valence-corrected chi connectivity index (χ3v) is 10.4. The number of carbonyl (C=O) groups excluding carboxylic acids is 2. The zero-order valence-electron chi connectivity index (χ0n) is 26.2. The van der Waals surface area contributed by atoms with Gasteiger partial charge >= 0.3 is 12.1 Å². The van der Waals surface area contributed by atoms with E-state index in [1.807, 2.05) is 91.7 Å². The van der Waals surface area contributed by atoms with Crippen molar-refractivity contribution in [2.24, 2.45) is 11.8 Å². The van der Waals surface area contributed by atoms with E-state index in [1.54, 1.807) is 12.1 Å². The maximum Gasteiger partial charge on any atom is 0.321 e. The average molecular weight is 631 g/mol. The van der Waals surface area contributed by atoms with E-state index in [1.165, 1.54) is 0 Å². The van der Waals surface area contributed by atoms with Crippen LogP contribution in [0.3, 0.4) is 0 Å². The number of benzene rings is 2. The van der Waals surface area contributed by atoms with Crippen LogP contribution >= 0.6 is 0 Å². The molecule has 0 unspecified atom stereocenters. The number of fused-ring (bicyclic) bond motifs is 8. The van der Waals surface area contributed by atoms with E-state index in [0.717, 1.165) is 53.2 Å². The Hall–Kier alpha value is -5.12. The van der Waals surface area contributed by atoms with Gasteiger partial charge in [-0.15, -0.1) is 0 Å². The summed E-state index contributed by atoms with van der Waals surface area (Å²) < 4.78 is 3.75. The van der Waals surface area contributed by atoms with E-state index < -0.39 is 0 Å². The van der Waals surface area contributed by atoms with E-state index in [4.69, 9.17) is 0 Å². The second-order valence-corrected chi connectivity index (χ2v) is 13.6. The molecule has 8 rings (SSSR count). The van der Waals surface area contributed by atoms with Crippen molar-refractivity contribution in [1.82, 2.24) is 18.9 Å². The first kappa shape index (κ1) is 29.3. The van der Waals surface area contributed by atoms with Crippen LogP contribution < -0.4 is 21.8 Å². The van der Waals surface area contributed by atoms with Crippen LogP contribution in [0.25, 0.3) is 0 Å². The molecule has 0 spiro atoms. The van der Waals surface area contributed by atoms with Crippen molar-refractivity contribution < 1.29 is 9.59 Å². The standard InChI is InChI=1S/C37H38N6O4/c44-34-5-1-3-32-28-16-26(20-42(32)34)18-40(22-28)36(46)38-30-11-7-24(8-12-30)15-25-9-13-31(14-10-25)39-37(47)41-19-27-17-29(23-41)33-4-2-6-35(45)43(33)21-27/h1-14,26-29H,15-23H2,(H,38,46)(H,39,47)/t26-,27-,28-,29-/m0/s1. The lowest BCUT2D eigenvalue weighted by atomic mass is 9.83. The number of anilines is 2. The predicted octanol–water partition coefficient (Wildman–Crippen LogP) is 4.90. The van der Waals surface area contributed by atoms with Crippen LogP contribution in [0.15, 0.2) is 94.5 Å². The van der Waals surface area contributed by atoms with Gasteiger partial charge in [-0.25, -0.2) is 9.59 Å². The van der Waals surface area contributed by atoms with Crippen molar-refractivity contribution in [3.63, 3.8) is 0 Å². The summed E-state index contributed by atoms with van der Waals surface area (Å²) in [6.07, 6.45) is 2.74. The third-order valence-electron chi connectivity index (χ3n) is 10.4. The van der Waals surface area contributed by atoms with E-state index >= 15 is 0 Å². The number of carbonyl (C=O) groups is 2. The fourth-order valence-electron chi connectivity index (χ4n) is 8.18. The zero-order valence-corrected chi connectivity index (χ0v) is 26.2. The normalized spacial score (nSPS) is 22.6. The van der Waals surface area contributed by atoms with Crippen molar-refractivity contribution in [3.05, 3.63) is 128 Å². The van der Waals surface area contributed by atoms with Gasteiger partial charge in [0, 0.05) is 86.0 Å². The molecule has 6 heterocycles. The van der Waals surface area contributed by atoms with Crippen molar-refractivity contribution in [1.29, 1.82) is 0 Å². The van der Waals surface area contributed by atoms with Gasteiger partial charge < -0.3 is 29.6 Å². The predicted molar refractivity (Wildman–Crippen MR) is 180 cm³/mol. The van der Waals surface area contributed by atoms with Crippen molar-refractivity contribution in [2.75, 3.05) is 36.8 Å². The summed E-state index contributed by atoms with van der Waals surface area (Å²) in [7, 11) is 0.